The van der Waals surface area contributed by atoms with Crippen molar-refractivity contribution in [3.8, 4) is 23.0 Å². The third-order valence-electron chi connectivity index (χ3n) is 7.23. The summed E-state index contributed by atoms with van der Waals surface area (Å²) in [5.41, 5.74) is 2.43. The molecule has 1 aromatic heterocycles. The number of aromatic nitrogens is 1. The van der Waals surface area contributed by atoms with E-state index >= 15 is 0 Å². The van der Waals surface area contributed by atoms with Crippen molar-refractivity contribution in [3.63, 3.8) is 0 Å². The van der Waals surface area contributed by atoms with Crippen LogP contribution in [0.2, 0.25) is 0 Å². The van der Waals surface area contributed by atoms with Crippen LogP contribution < -0.4 is 34.6 Å². The fraction of sp³-hybridized carbons (Fsp3) is 0.351. The lowest BCUT2D eigenvalue weighted by molar-refractivity contribution is 0.0600. The van der Waals surface area contributed by atoms with Gasteiger partial charge in [0, 0.05) is 24.8 Å². The number of carbonyl (C=O) groups is 2. The third kappa shape index (κ3) is 10.2. The molecule has 1 amide bonds. The molecule has 0 fully saturated rings. The number of benzene rings is 3. The van der Waals surface area contributed by atoms with Crippen molar-refractivity contribution in [2.75, 3.05) is 45.4 Å². The topological polar surface area (TPSA) is 127 Å². The fourth-order valence-electron chi connectivity index (χ4n) is 4.93. The van der Waals surface area contributed by atoms with Gasteiger partial charge in [-0.3, -0.25) is 19.1 Å². The molecule has 11 nitrogen and oxygen atoms in total. The molecular weight excluding hydrogens is 646 g/mol. The fourth-order valence-corrected chi connectivity index (χ4v) is 5.87. The molecule has 1 heterocycles. The average molecular weight is 690 g/mol. The molecule has 260 valence electrons. The van der Waals surface area contributed by atoms with Crippen LogP contribution in [0.1, 0.15) is 58.9 Å². The number of anilines is 1. The van der Waals surface area contributed by atoms with Crippen LogP contribution in [0.25, 0.3) is 0 Å². The monoisotopic (exact) mass is 689 g/mol. The minimum atomic E-state index is -0.478. The molecule has 0 aliphatic carbocycles. The van der Waals surface area contributed by atoms with E-state index in [1.54, 1.807) is 28.8 Å². The summed E-state index contributed by atoms with van der Waals surface area (Å²) in [6, 6.07) is 19.2. The number of ether oxygens (including phenoxy) is 5. The molecule has 4 aromatic rings. The Kier molecular flexibility index (Phi) is 13.8. The normalized spacial score (nSPS) is 11.2. The minimum Gasteiger partial charge on any atom is -0.490 e. The Labute approximate surface area is 290 Å². The van der Waals surface area contributed by atoms with Gasteiger partial charge in [0.25, 0.3) is 11.5 Å². The van der Waals surface area contributed by atoms with E-state index in [1.807, 2.05) is 64.1 Å². The highest BCUT2D eigenvalue weighted by atomic mass is 32.1. The van der Waals surface area contributed by atoms with Gasteiger partial charge in [0.15, 0.2) is 27.8 Å². The number of nitrogens with one attached hydrogen (secondary N) is 1. The second kappa shape index (κ2) is 18.4. The van der Waals surface area contributed by atoms with E-state index < -0.39 is 11.9 Å². The first-order chi connectivity index (χ1) is 23.8. The summed E-state index contributed by atoms with van der Waals surface area (Å²) in [6.45, 7) is 10.4. The zero-order valence-electron chi connectivity index (χ0n) is 28.6. The average Bonchev–Trinajstić information content (AvgIpc) is 3.10. The Hall–Kier alpha value is -5.10. The van der Waals surface area contributed by atoms with Crippen molar-refractivity contribution in [2.24, 2.45) is 4.99 Å². The Morgan fingerprint density at radius 2 is 1.29 bits per heavy atom. The van der Waals surface area contributed by atoms with E-state index in [2.05, 4.69) is 5.32 Å². The lowest BCUT2D eigenvalue weighted by atomic mass is 10.1. The van der Waals surface area contributed by atoms with E-state index in [0.717, 1.165) is 22.5 Å². The van der Waals surface area contributed by atoms with Gasteiger partial charge in [-0.1, -0.05) is 23.5 Å². The van der Waals surface area contributed by atoms with E-state index in [-0.39, 0.29) is 10.4 Å². The molecule has 49 heavy (non-hydrogen) atoms. The lowest BCUT2D eigenvalue weighted by Crippen LogP contribution is -2.34. The Balaban J connectivity index is 1.63. The SMILES string of the molecule is CCOc1ccc(CCN=c2sc(C(=O)Nc3ccc(C(=O)OC)cc3)cc(=O)n2CCc2ccc(OCC)c(OCC)c2)cc1OCC. The van der Waals surface area contributed by atoms with E-state index in [4.69, 9.17) is 28.7 Å². The van der Waals surface area contributed by atoms with Crippen molar-refractivity contribution < 1.29 is 33.3 Å². The highest BCUT2D eigenvalue weighted by Crippen LogP contribution is 2.30. The maximum absolute atomic E-state index is 13.6. The molecule has 1 N–H and O–H groups in total. The minimum absolute atomic E-state index is 0.205. The Morgan fingerprint density at radius 3 is 1.84 bits per heavy atom. The van der Waals surface area contributed by atoms with Gasteiger partial charge in [0.05, 0.1) is 39.1 Å². The second-order valence-electron chi connectivity index (χ2n) is 10.6. The summed E-state index contributed by atoms with van der Waals surface area (Å²) < 4.78 is 29.3. The quantitative estimate of drug-likeness (QED) is 0.135. The summed E-state index contributed by atoms with van der Waals surface area (Å²) in [6.07, 6.45) is 1.10. The molecule has 4 rings (SSSR count). The third-order valence-corrected chi connectivity index (χ3v) is 8.28. The molecule has 0 bridgehead atoms. The number of rotatable bonds is 17. The number of carbonyl (C=O) groups excluding carboxylic acids is 2. The van der Waals surface area contributed by atoms with Gasteiger partial charge in [-0.2, -0.15) is 0 Å². The number of nitrogens with zero attached hydrogens (tertiary/aromatic N) is 2. The molecular formula is C37H43N3O8S. The van der Waals surface area contributed by atoms with E-state index in [0.29, 0.717) is 91.4 Å². The number of aryl methyl sites for hydroxylation is 1. The predicted octanol–water partition coefficient (Wildman–Crippen LogP) is 5.93. The first kappa shape index (κ1) is 36.7. The van der Waals surface area contributed by atoms with Crippen LogP contribution in [-0.2, 0) is 24.1 Å². The van der Waals surface area contributed by atoms with Crippen LogP contribution in [0.15, 0.2) is 76.5 Å². The molecule has 0 unspecified atom stereocenters. The smallest absolute Gasteiger partial charge is 0.337 e. The highest BCUT2D eigenvalue weighted by Gasteiger charge is 2.14. The number of hydrogen-bond donors (Lipinski definition) is 1. The summed E-state index contributed by atoms with van der Waals surface area (Å²) >= 11 is 1.13. The number of amides is 1. The number of methoxy groups -OCH3 is 1. The van der Waals surface area contributed by atoms with Crippen molar-refractivity contribution in [1.82, 2.24) is 4.57 Å². The molecule has 0 aliphatic rings. The number of esters is 1. The van der Waals surface area contributed by atoms with E-state index in [1.165, 1.54) is 13.2 Å². The maximum atomic E-state index is 13.6. The standard InChI is InChI=1S/C37H43N3O8S/c1-6-45-29-16-10-25(22-31(29)47-8-3)18-20-38-37-40(21-19-26-11-17-30(46-7-2)32(23-26)48-9-4)34(41)24-33(49-37)35(42)39-28-14-12-27(13-15-28)36(43)44-5/h10-17,22-24H,6-9,18-21H2,1-5H3,(H,39,42). The zero-order valence-corrected chi connectivity index (χ0v) is 29.4. The lowest BCUT2D eigenvalue weighted by Gasteiger charge is -2.13. The van der Waals surface area contributed by atoms with E-state index in [9.17, 15) is 14.4 Å². The molecule has 3 aromatic carbocycles. The van der Waals surface area contributed by atoms with Crippen LogP contribution in [0.5, 0.6) is 23.0 Å². The van der Waals surface area contributed by atoms with Gasteiger partial charge in [-0.25, -0.2) is 4.79 Å². The summed E-state index contributed by atoms with van der Waals surface area (Å²) in [4.78, 5) is 44.1. The first-order valence-electron chi connectivity index (χ1n) is 16.3. The molecule has 0 aliphatic heterocycles. The van der Waals surface area contributed by atoms with Gasteiger partial charge in [-0.05, 0) is 100 Å². The van der Waals surface area contributed by atoms with Gasteiger partial charge < -0.3 is 29.0 Å². The molecule has 0 saturated heterocycles. The van der Waals surface area contributed by atoms with Crippen LogP contribution >= 0.6 is 11.3 Å². The molecule has 0 atom stereocenters. The largest absolute Gasteiger partial charge is 0.490 e. The van der Waals surface area contributed by atoms with Crippen LogP contribution in [0.3, 0.4) is 0 Å². The van der Waals surface area contributed by atoms with Crippen molar-refractivity contribution in [2.45, 2.75) is 47.1 Å². The van der Waals surface area contributed by atoms with Crippen molar-refractivity contribution in [1.29, 1.82) is 0 Å². The summed E-state index contributed by atoms with van der Waals surface area (Å²) in [5.74, 6) is 1.73. The van der Waals surface area contributed by atoms with Gasteiger partial charge in [0.2, 0.25) is 0 Å². The van der Waals surface area contributed by atoms with Crippen LogP contribution in [0, 0.1) is 0 Å². The van der Waals surface area contributed by atoms with Gasteiger partial charge in [0.1, 0.15) is 4.88 Å². The molecule has 0 saturated carbocycles. The first-order valence-corrected chi connectivity index (χ1v) is 17.1. The molecule has 0 radical (unpaired) electrons. The molecule has 12 heteroatoms. The van der Waals surface area contributed by atoms with Crippen molar-refractivity contribution in [3.05, 3.63) is 103 Å². The molecule has 0 spiro atoms. The Bertz CT molecular complexity index is 1850. The van der Waals surface area contributed by atoms with Crippen molar-refractivity contribution >= 4 is 28.9 Å². The number of hydrogen-bond acceptors (Lipinski definition) is 10. The highest BCUT2D eigenvalue weighted by molar-refractivity contribution is 7.11. The Morgan fingerprint density at radius 1 is 0.735 bits per heavy atom. The van der Waals surface area contributed by atoms with Gasteiger partial charge >= 0.3 is 5.97 Å². The predicted molar refractivity (Wildman–Crippen MR) is 190 cm³/mol. The zero-order chi connectivity index (χ0) is 35.2. The van der Waals surface area contributed by atoms with Crippen LogP contribution in [0.4, 0.5) is 5.69 Å². The van der Waals surface area contributed by atoms with Gasteiger partial charge in [-0.15, -0.1) is 0 Å². The van der Waals surface area contributed by atoms with Crippen LogP contribution in [-0.4, -0.2) is 56.5 Å². The summed E-state index contributed by atoms with van der Waals surface area (Å²) in [7, 11) is 1.30. The summed E-state index contributed by atoms with van der Waals surface area (Å²) in [5, 5.41) is 2.80. The second-order valence-corrected chi connectivity index (χ2v) is 11.6. The maximum Gasteiger partial charge on any atom is 0.337 e.